The Balaban J connectivity index is 2.26. The molecule has 3 heteroatoms. The first-order valence-electron chi connectivity index (χ1n) is 6.30. The van der Waals surface area contributed by atoms with Gasteiger partial charge in [0.2, 0.25) is 5.91 Å². The van der Waals surface area contributed by atoms with Crippen molar-refractivity contribution in [1.82, 2.24) is 9.88 Å². The van der Waals surface area contributed by atoms with Gasteiger partial charge in [0.15, 0.2) is 0 Å². The van der Waals surface area contributed by atoms with E-state index in [4.69, 9.17) is 0 Å². The number of rotatable bonds is 2. The summed E-state index contributed by atoms with van der Waals surface area (Å²) in [4.78, 5) is 18.1. The molecular weight excluding hydrogens is 212 g/mol. The van der Waals surface area contributed by atoms with Gasteiger partial charge in [-0.05, 0) is 36.5 Å². The van der Waals surface area contributed by atoms with Gasteiger partial charge < -0.3 is 4.90 Å². The van der Waals surface area contributed by atoms with Crippen LogP contribution in [0.4, 0.5) is 0 Å². The summed E-state index contributed by atoms with van der Waals surface area (Å²) < 4.78 is 0. The number of hydrogen-bond acceptors (Lipinski definition) is 2. The predicted molar refractivity (Wildman–Crippen MR) is 67.5 cm³/mol. The van der Waals surface area contributed by atoms with E-state index in [-0.39, 0.29) is 17.9 Å². The molecule has 0 spiro atoms. The molecule has 1 heterocycles. The van der Waals surface area contributed by atoms with E-state index in [1.165, 1.54) is 11.1 Å². The molecule has 0 fully saturated rings. The third kappa shape index (κ3) is 2.33. The van der Waals surface area contributed by atoms with Crippen molar-refractivity contribution in [3.05, 3.63) is 29.6 Å². The highest BCUT2D eigenvalue weighted by molar-refractivity contribution is 5.78. The maximum absolute atomic E-state index is 12.1. The molecule has 0 saturated heterocycles. The fourth-order valence-corrected chi connectivity index (χ4v) is 2.57. The number of aromatic nitrogens is 1. The molecule has 0 saturated carbocycles. The van der Waals surface area contributed by atoms with E-state index in [2.05, 4.69) is 11.1 Å². The third-order valence-electron chi connectivity index (χ3n) is 3.54. The molecule has 0 aromatic carbocycles. The van der Waals surface area contributed by atoms with Gasteiger partial charge in [0.25, 0.3) is 0 Å². The van der Waals surface area contributed by atoms with Gasteiger partial charge in [-0.25, -0.2) is 0 Å². The molecule has 1 aliphatic rings. The average Bonchev–Trinajstić information content (AvgIpc) is 2.36. The highest BCUT2D eigenvalue weighted by Crippen LogP contribution is 2.33. The summed E-state index contributed by atoms with van der Waals surface area (Å²) in [6.07, 6.45) is 7.07. The molecule has 0 bridgehead atoms. The van der Waals surface area contributed by atoms with E-state index in [1.54, 1.807) is 0 Å². The lowest BCUT2D eigenvalue weighted by atomic mass is 9.88. The molecule has 1 unspecified atom stereocenters. The Morgan fingerprint density at radius 3 is 3.00 bits per heavy atom. The standard InChI is InChI=1S/C14H20N2O/c1-10(2)14(17)16(3)13-6-4-5-11-7-8-15-9-12(11)13/h7-10,13H,4-6H2,1-3H3. The minimum atomic E-state index is 0.0575. The van der Waals surface area contributed by atoms with Gasteiger partial charge in [-0.1, -0.05) is 13.8 Å². The summed E-state index contributed by atoms with van der Waals surface area (Å²) in [6.45, 7) is 3.90. The summed E-state index contributed by atoms with van der Waals surface area (Å²) in [5.41, 5.74) is 2.58. The highest BCUT2D eigenvalue weighted by Gasteiger charge is 2.27. The van der Waals surface area contributed by atoms with E-state index in [9.17, 15) is 4.79 Å². The zero-order chi connectivity index (χ0) is 12.4. The van der Waals surface area contributed by atoms with Crippen LogP contribution in [0.1, 0.15) is 43.9 Å². The predicted octanol–water partition coefficient (Wildman–Crippen LogP) is 2.57. The van der Waals surface area contributed by atoms with Crippen LogP contribution in [0.25, 0.3) is 0 Å². The summed E-state index contributed by atoms with van der Waals surface area (Å²) in [5, 5.41) is 0. The Labute approximate surface area is 103 Å². The Morgan fingerprint density at radius 1 is 1.53 bits per heavy atom. The SMILES string of the molecule is CC(C)C(=O)N(C)C1CCCc2ccncc21. The van der Waals surface area contributed by atoms with Crippen LogP contribution in [0.2, 0.25) is 0 Å². The molecule has 1 aromatic rings. The zero-order valence-electron chi connectivity index (χ0n) is 10.8. The molecule has 2 rings (SSSR count). The van der Waals surface area contributed by atoms with Gasteiger partial charge in [0, 0.05) is 25.4 Å². The number of carbonyl (C=O) groups is 1. The minimum Gasteiger partial charge on any atom is -0.338 e. The third-order valence-corrected chi connectivity index (χ3v) is 3.54. The first-order valence-corrected chi connectivity index (χ1v) is 6.30. The molecular formula is C14H20N2O. The number of pyridine rings is 1. The smallest absolute Gasteiger partial charge is 0.225 e. The van der Waals surface area contributed by atoms with Crippen molar-refractivity contribution in [2.45, 2.75) is 39.2 Å². The van der Waals surface area contributed by atoms with Gasteiger partial charge >= 0.3 is 0 Å². The summed E-state index contributed by atoms with van der Waals surface area (Å²) in [6, 6.07) is 2.29. The lowest BCUT2D eigenvalue weighted by molar-refractivity contribution is -0.135. The number of hydrogen-bond donors (Lipinski definition) is 0. The van der Waals surface area contributed by atoms with Crippen molar-refractivity contribution >= 4 is 5.91 Å². The molecule has 17 heavy (non-hydrogen) atoms. The fraction of sp³-hybridized carbons (Fsp3) is 0.571. The molecule has 1 aromatic heterocycles. The Hall–Kier alpha value is -1.38. The van der Waals surface area contributed by atoms with Crippen LogP contribution in [0.15, 0.2) is 18.5 Å². The van der Waals surface area contributed by atoms with Crippen LogP contribution in [-0.2, 0) is 11.2 Å². The first kappa shape index (κ1) is 12.1. The summed E-state index contributed by atoms with van der Waals surface area (Å²) >= 11 is 0. The highest BCUT2D eigenvalue weighted by atomic mass is 16.2. The topological polar surface area (TPSA) is 33.2 Å². The lowest BCUT2D eigenvalue weighted by Gasteiger charge is -2.33. The van der Waals surface area contributed by atoms with Crippen LogP contribution >= 0.6 is 0 Å². The van der Waals surface area contributed by atoms with E-state index in [0.29, 0.717) is 0 Å². The second-order valence-corrected chi connectivity index (χ2v) is 5.09. The average molecular weight is 232 g/mol. The summed E-state index contributed by atoms with van der Waals surface area (Å²) in [5.74, 6) is 0.272. The van der Waals surface area contributed by atoms with Crippen LogP contribution in [0.3, 0.4) is 0 Å². The molecule has 1 aliphatic carbocycles. The maximum atomic E-state index is 12.1. The molecule has 0 aliphatic heterocycles. The van der Waals surface area contributed by atoms with E-state index in [0.717, 1.165) is 19.3 Å². The molecule has 92 valence electrons. The minimum absolute atomic E-state index is 0.0575. The summed E-state index contributed by atoms with van der Waals surface area (Å²) in [7, 11) is 1.91. The van der Waals surface area contributed by atoms with Crippen molar-refractivity contribution < 1.29 is 4.79 Å². The van der Waals surface area contributed by atoms with Crippen LogP contribution in [0, 0.1) is 5.92 Å². The number of nitrogens with zero attached hydrogens (tertiary/aromatic N) is 2. The number of fused-ring (bicyclic) bond motifs is 1. The second-order valence-electron chi connectivity index (χ2n) is 5.09. The van der Waals surface area contributed by atoms with E-state index in [1.807, 2.05) is 38.2 Å². The largest absolute Gasteiger partial charge is 0.338 e. The van der Waals surface area contributed by atoms with Gasteiger partial charge in [-0.3, -0.25) is 9.78 Å². The zero-order valence-corrected chi connectivity index (χ0v) is 10.8. The number of aryl methyl sites for hydroxylation is 1. The Morgan fingerprint density at radius 2 is 2.29 bits per heavy atom. The molecule has 1 atom stereocenters. The van der Waals surface area contributed by atoms with Gasteiger partial charge in [0.1, 0.15) is 0 Å². The molecule has 3 nitrogen and oxygen atoms in total. The Kier molecular flexibility index (Phi) is 3.46. The van der Waals surface area contributed by atoms with Crippen molar-refractivity contribution in [2.24, 2.45) is 5.92 Å². The van der Waals surface area contributed by atoms with Crippen LogP contribution in [0.5, 0.6) is 0 Å². The van der Waals surface area contributed by atoms with Gasteiger partial charge in [-0.2, -0.15) is 0 Å². The molecule has 1 amide bonds. The quantitative estimate of drug-likeness (QED) is 0.785. The van der Waals surface area contributed by atoms with E-state index < -0.39 is 0 Å². The lowest BCUT2D eigenvalue weighted by Crippen LogP contribution is -2.35. The van der Waals surface area contributed by atoms with Gasteiger partial charge in [0.05, 0.1) is 6.04 Å². The van der Waals surface area contributed by atoms with Crippen molar-refractivity contribution in [3.63, 3.8) is 0 Å². The van der Waals surface area contributed by atoms with Crippen molar-refractivity contribution in [2.75, 3.05) is 7.05 Å². The number of amides is 1. The van der Waals surface area contributed by atoms with Gasteiger partial charge in [-0.15, -0.1) is 0 Å². The molecule has 0 radical (unpaired) electrons. The first-order chi connectivity index (χ1) is 8.11. The monoisotopic (exact) mass is 232 g/mol. The van der Waals surface area contributed by atoms with Crippen molar-refractivity contribution in [3.8, 4) is 0 Å². The fourth-order valence-electron chi connectivity index (χ4n) is 2.57. The number of carbonyl (C=O) groups excluding carboxylic acids is 1. The van der Waals surface area contributed by atoms with Crippen LogP contribution < -0.4 is 0 Å². The van der Waals surface area contributed by atoms with Crippen molar-refractivity contribution in [1.29, 1.82) is 0 Å². The second kappa shape index (κ2) is 4.86. The Bertz CT molecular complexity index is 414. The normalized spacial score (nSPS) is 18.9. The maximum Gasteiger partial charge on any atom is 0.225 e. The molecule has 0 N–H and O–H groups in total. The van der Waals surface area contributed by atoms with Crippen LogP contribution in [-0.4, -0.2) is 22.8 Å². The van der Waals surface area contributed by atoms with E-state index >= 15 is 0 Å².